The molecule has 1 N–H and O–H groups in total. The van der Waals surface area contributed by atoms with E-state index in [0.717, 1.165) is 22.3 Å². The van der Waals surface area contributed by atoms with Crippen LogP contribution in [0.4, 0.5) is 5.82 Å². The third-order valence-corrected chi connectivity index (χ3v) is 5.34. The summed E-state index contributed by atoms with van der Waals surface area (Å²) in [4.78, 5) is 23.5. The molecule has 2 heterocycles. The summed E-state index contributed by atoms with van der Waals surface area (Å²) >= 11 is 0. The van der Waals surface area contributed by atoms with Gasteiger partial charge in [-0.15, -0.1) is 0 Å². The van der Waals surface area contributed by atoms with Gasteiger partial charge in [0, 0.05) is 24.0 Å². The second-order valence-electron chi connectivity index (χ2n) is 7.05. The molecule has 6 nitrogen and oxygen atoms in total. The molecule has 28 heavy (non-hydrogen) atoms. The molecule has 2 aromatic carbocycles. The molecule has 4 rings (SSSR count). The van der Waals surface area contributed by atoms with Crippen molar-refractivity contribution in [2.24, 2.45) is 5.92 Å². The number of para-hydroxylation sites is 1. The number of carbonyl (C=O) groups excluding carboxylic acids is 1. The Labute approximate surface area is 163 Å². The van der Waals surface area contributed by atoms with Crippen LogP contribution in [0, 0.1) is 5.92 Å². The van der Waals surface area contributed by atoms with Gasteiger partial charge in [0.2, 0.25) is 0 Å². The van der Waals surface area contributed by atoms with Crippen molar-refractivity contribution >= 4 is 22.7 Å². The molecule has 3 aromatic rings. The molecule has 1 saturated heterocycles. The lowest BCUT2D eigenvalue weighted by molar-refractivity contribution is -0.153. The average Bonchev–Trinajstić information content (AvgIpc) is 2.78. The molecule has 1 unspecified atom stereocenters. The van der Waals surface area contributed by atoms with E-state index in [-0.39, 0.29) is 5.92 Å². The van der Waals surface area contributed by atoms with E-state index in [0.29, 0.717) is 31.8 Å². The highest BCUT2D eigenvalue weighted by atomic mass is 16.5. The van der Waals surface area contributed by atoms with Gasteiger partial charge in [0.05, 0.1) is 12.6 Å². The Kier molecular flexibility index (Phi) is 5.21. The Balaban J connectivity index is 1.64. The first-order valence-electron chi connectivity index (χ1n) is 9.50. The van der Waals surface area contributed by atoms with Gasteiger partial charge in [0.15, 0.2) is 11.9 Å². The van der Waals surface area contributed by atoms with Crippen molar-refractivity contribution in [3.8, 4) is 11.4 Å². The van der Waals surface area contributed by atoms with Crippen molar-refractivity contribution in [1.29, 1.82) is 0 Å². The van der Waals surface area contributed by atoms with Gasteiger partial charge in [-0.25, -0.2) is 14.8 Å². The Morgan fingerprint density at radius 1 is 1.07 bits per heavy atom. The van der Waals surface area contributed by atoms with E-state index in [1.165, 1.54) is 7.11 Å². The predicted octanol–water partition coefficient (Wildman–Crippen LogP) is 3.05. The predicted molar refractivity (Wildman–Crippen MR) is 108 cm³/mol. The third-order valence-electron chi connectivity index (χ3n) is 5.34. The van der Waals surface area contributed by atoms with Crippen molar-refractivity contribution in [1.82, 2.24) is 9.97 Å². The van der Waals surface area contributed by atoms with Crippen LogP contribution in [-0.4, -0.2) is 47.3 Å². The fourth-order valence-electron chi connectivity index (χ4n) is 3.76. The molecule has 0 bridgehead atoms. The minimum atomic E-state index is -1.06. The normalized spacial score (nSPS) is 16.1. The molecule has 0 aliphatic carbocycles. The number of methoxy groups -OCH3 is 1. The number of fused-ring (bicyclic) bond motifs is 1. The fraction of sp³-hybridized carbons (Fsp3) is 0.318. The van der Waals surface area contributed by atoms with Crippen LogP contribution >= 0.6 is 0 Å². The Morgan fingerprint density at radius 2 is 1.75 bits per heavy atom. The van der Waals surface area contributed by atoms with Gasteiger partial charge in [0.25, 0.3) is 0 Å². The molecular formula is C22H23N3O3. The van der Waals surface area contributed by atoms with E-state index in [1.54, 1.807) is 0 Å². The molecule has 144 valence electrons. The first kappa shape index (κ1) is 18.4. The van der Waals surface area contributed by atoms with Crippen LogP contribution in [0.1, 0.15) is 12.8 Å². The SMILES string of the molecule is COC(=O)C(O)C1CCN(c2nc(-c3ccccc3)nc3ccccc23)CC1. The zero-order chi connectivity index (χ0) is 19.5. The minimum Gasteiger partial charge on any atom is -0.467 e. The maximum absolute atomic E-state index is 11.6. The van der Waals surface area contributed by atoms with E-state index in [1.807, 2.05) is 54.6 Å². The van der Waals surface area contributed by atoms with Gasteiger partial charge in [-0.3, -0.25) is 0 Å². The molecule has 1 aliphatic rings. The maximum atomic E-state index is 11.6. The number of benzene rings is 2. The van der Waals surface area contributed by atoms with Gasteiger partial charge in [-0.2, -0.15) is 0 Å². The zero-order valence-corrected chi connectivity index (χ0v) is 15.8. The third kappa shape index (κ3) is 3.55. The highest BCUT2D eigenvalue weighted by Crippen LogP contribution is 2.31. The zero-order valence-electron chi connectivity index (χ0n) is 15.8. The van der Waals surface area contributed by atoms with Crippen LogP contribution in [-0.2, 0) is 9.53 Å². The summed E-state index contributed by atoms with van der Waals surface area (Å²) in [6.45, 7) is 1.43. The molecule has 0 saturated carbocycles. The molecule has 0 amide bonds. The standard InChI is InChI=1S/C22H23N3O3/c1-28-22(27)19(26)15-11-13-25(14-12-15)21-17-9-5-6-10-18(17)23-20(24-21)16-7-3-2-4-8-16/h2-10,15,19,26H,11-14H2,1H3. The van der Waals surface area contributed by atoms with Crippen LogP contribution < -0.4 is 4.90 Å². The van der Waals surface area contributed by atoms with E-state index >= 15 is 0 Å². The minimum absolute atomic E-state index is 0.0922. The molecule has 1 atom stereocenters. The second kappa shape index (κ2) is 7.94. The number of hydrogen-bond donors (Lipinski definition) is 1. The summed E-state index contributed by atoms with van der Waals surface area (Å²) in [6, 6.07) is 18.0. The van der Waals surface area contributed by atoms with E-state index < -0.39 is 12.1 Å². The van der Waals surface area contributed by atoms with Gasteiger partial charge < -0.3 is 14.7 Å². The number of hydrogen-bond acceptors (Lipinski definition) is 6. The van der Waals surface area contributed by atoms with E-state index in [4.69, 9.17) is 9.97 Å². The van der Waals surface area contributed by atoms with E-state index in [2.05, 4.69) is 9.64 Å². The molecule has 0 radical (unpaired) electrons. The summed E-state index contributed by atoms with van der Waals surface area (Å²) in [5, 5.41) is 11.2. The molecule has 0 spiro atoms. The number of esters is 1. The van der Waals surface area contributed by atoms with Gasteiger partial charge in [-0.1, -0.05) is 42.5 Å². The second-order valence-corrected chi connectivity index (χ2v) is 7.05. The first-order valence-corrected chi connectivity index (χ1v) is 9.50. The van der Waals surface area contributed by atoms with Gasteiger partial charge >= 0.3 is 5.97 Å². The van der Waals surface area contributed by atoms with Crippen LogP contribution in [0.5, 0.6) is 0 Å². The quantitative estimate of drug-likeness (QED) is 0.705. The van der Waals surface area contributed by atoms with Crippen molar-refractivity contribution in [2.75, 3.05) is 25.1 Å². The number of anilines is 1. The lowest BCUT2D eigenvalue weighted by atomic mass is 9.91. The van der Waals surface area contributed by atoms with Gasteiger partial charge in [0.1, 0.15) is 5.82 Å². The van der Waals surface area contributed by atoms with Crippen LogP contribution in [0.3, 0.4) is 0 Å². The molecule has 1 aliphatic heterocycles. The number of aromatic nitrogens is 2. The summed E-state index contributed by atoms with van der Waals surface area (Å²) in [5.41, 5.74) is 1.88. The summed E-state index contributed by atoms with van der Waals surface area (Å²) in [5.74, 6) is 0.948. The van der Waals surface area contributed by atoms with Crippen molar-refractivity contribution in [2.45, 2.75) is 18.9 Å². The number of rotatable bonds is 4. The number of piperidine rings is 1. The van der Waals surface area contributed by atoms with Crippen molar-refractivity contribution in [3.05, 3.63) is 54.6 Å². The van der Waals surface area contributed by atoms with Crippen LogP contribution in [0.15, 0.2) is 54.6 Å². The van der Waals surface area contributed by atoms with Crippen LogP contribution in [0.25, 0.3) is 22.3 Å². The number of carbonyl (C=O) groups is 1. The molecule has 1 aromatic heterocycles. The maximum Gasteiger partial charge on any atom is 0.334 e. The largest absolute Gasteiger partial charge is 0.467 e. The summed E-state index contributed by atoms with van der Waals surface area (Å²) in [7, 11) is 1.30. The Hall–Kier alpha value is -2.99. The topological polar surface area (TPSA) is 75.6 Å². The van der Waals surface area contributed by atoms with Gasteiger partial charge in [-0.05, 0) is 30.9 Å². The summed E-state index contributed by atoms with van der Waals surface area (Å²) < 4.78 is 4.68. The highest BCUT2D eigenvalue weighted by molar-refractivity contribution is 5.91. The van der Waals surface area contributed by atoms with Crippen molar-refractivity contribution in [3.63, 3.8) is 0 Å². The fourth-order valence-corrected chi connectivity index (χ4v) is 3.76. The Bertz CT molecular complexity index is 969. The smallest absolute Gasteiger partial charge is 0.334 e. The molecular weight excluding hydrogens is 354 g/mol. The lowest BCUT2D eigenvalue weighted by Crippen LogP contribution is -2.41. The monoisotopic (exact) mass is 377 g/mol. The van der Waals surface area contributed by atoms with Crippen LogP contribution in [0.2, 0.25) is 0 Å². The van der Waals surface area contributed by atoms with E-state index in [9.17, 15) is 9.90 Å². The average molecular weight is 377 g/mol. The highest BCUT2D eigenvalue weighted by Gasteiger charge is 2.31. The number of aliphatic hydroxyl groups excluding tert-OH is 1. The Morgan fingerprint density at radius 3 is 2.46 bits per heavy atom. The molecule has 1 fully saturated rings. The first-order chi connectivity index (χ1) is 13.7. The molecule has 6 heteroatoms. The number of aliphatic hydroxyl groups is 1. The number of nitrogens with zero attached hydrogens (tertiary/aromatic N) is 3. The lowest BCUT2D eigenvalue weighted by Gasteiger charge is -2.34. The summed E-state index contributed by atoms with van der Waals surface area (Å²) in [6.07, 6.45) is 0.346. The van der Waals surface area contributed by atoms with Crippen molar-refractivity contribution < 1.29 is 14.6 Å². The number of ether oxygens (including phenoxy) is 1.